The largest absolute Gasteiger partial charge is 0.481 e. The molecular formula is C19H21N3O5. The summed E-state index contributed by atoms with van der Waals surface area (Å²) in [4.78, 5) is 26.2. The summed E-state index contributed by atoms with van der Waals surface area (Å²) in [5.41, 5.74) is 2.06. The third-order valence-electron chi connectivity index (χ3n) is 5.12. The van der Waals surface area contributed by atoms with Gasteiger partial charge >= 0.3 is 5.97 Å². The second-order valence-electron chi connectivity index (χ2n) is 6.90. The third kappa shape index (κ3) is 3.22. The van der Waals surface area contributed by atoms with Crippen LogP contribution in [-0.2, 0) is 11.2 Å². The van der Waals surface area contributed by atoms with E-state index in [1.807, 2.05) is 12.1 Å². The van der Waals surface area contributed by atoms with Gasteiger partial charge in [-0.15, -0.1) is 0 Å². The first kappa shape index (κ1) is 17.4. The maximum absolute atomic E-state index is 12.8. The summed E-state index contributed by atoms with van der Waals surface area (Å²) in [5, 5.41) is 16.6. The standard InChI is InChI=1S/C19H21N3O5/c1-2-3-12-7-15(21-20-12)18(23)22-8-13(14(9-22)19(24)25)11-4-5-16-17(6-11)27-10-26-16/h4-7,13-14H,2-3,8-10H2,1H3,(H,20,21)(H,24,25)/t13-,14+/m0/s1. The van der Waals surface area contributed by atoms with Gasteiger partial charge in [0.2, 0.25) is 6.79 Å². The van der Waals surface area contributed by atoms with E-state index in [9.17, 15) is 14.7 Å². The average Bonchev–Trinajstić information content (AvgIpc) is 3.39. The first-order valence-corrected chi connectivity index (χ1v) is 9.02. The van der Waals surface area contributed by atoms with Crippen LogP contribution in [0.3, 0.4) is 0 Å². The minimum absolute atomic E-state index is 0.156. The predicted molar refractivity (Wildman–Crippen MR) is 94.9 cm³/mol. The Bertz CT molecular complexity index is 878. The number of carbonyl (C=O) groups is 2. The third-order valence-corrected chi connectivity index (χ3v) is 5.12. The number of hydrogen-bond acceptors (Lipinski definition) is 5. The highest BCUT2D eigenvalue weighted by molar-refractivity contribution is 5.93. The van der Waals surface area contributed by atoms with Gasteiger partial charge in [0.15, 0.2) is 11.5 Å². The Labute approximate surface area is 156 Å². The number of nitrogens with zero attached hydrogens (tertiary/aromatic N) is 2. The predicted octanol–water partition coefficient (Wildman–Crippen LogP) is 2.03. The van der Waals surface area contributed by atoms with Gasteiger partial charge in [0.1, 0.15) is 5.69 Å². The van der Waals surface area contributed by atoms with Crippen LogP contribution in [0.2, 0.25) is 0 Å². The molecule has 1 saturated heterocycles. The Balaban J connectivity index is 1.56. The van der Waals surface area contributed by atoms with Crippen molar-refractivity contribution in [2.75, 3.05) is 19.9 Å². The zero-order valence-corrected chi connectivity index (χ0v) is 15.0. The number of carboxylic acids is 1. The summed E-state index contributed by atoms with van der Waals surface area (Å²) in [7, 11) is 0. The lowest BCUT2D eigenvalue weighted by molar-refractivity contribution is -0.141. The number of benzene rings is 1. The van der Waals surface area contributed by atoms with E-state index in [1.54, 1.807) is 17.0 Å². The van der Waals surface area contributed by atoms with Gasteiger partial charge in [-0.25, -0.2) is 0 Å². The second-order valence-corrected chi connectivity index (χ2v) is 6.90. The highest BCUT2D eigenvalue weighted by atomic mass is 16.7. The molecule has 27 heavy (non-hydrogen) atoms. The Morgan fingerprint density at radius 1 is 1.26 bits per heavy atom. The fraction of sp³-hybridized carbons (Fsp3) is 0.421. The van der Waals surface area contributed by atoms with Crippen molar-refractivity contribution in [2.45, 2.75) is 25.7 Å². The molecule has 1 aromatic carbocycles. The van der Waals surface area contributed by atoms with Gasteiger partial charge in [-0.3, -0.25) is 14.7 Å². The lowest BCUT2D eigenvalue weighted by atomic mass is 9.89. The van der Waals surface area contributed by atoms with E-state index in [-0.39, 0.29) is 25.2 Å². The maximum atomic E-state index is 12.8. The zero-order valence-electron chi connectivity index (χ0n) is 15.0. The minimum Gasteiger partial charge on any atom is -0.481 e. The highest BCUT2D eigenvalue weighted by Gasteiger charge is 2.41. The molecule has 2 aromatic rings. The summed E-state index contributed by atoms with van der Waals surface area (Å²) in [6.07, 6.45) is 1.77. The highest BCUT2D eigenvalue weighted by Crippen LogP contribution is 2.39. The number of fused-ring (bicyclic) bond motifs is 1. The molecule has 142 valence electrons. The first-order chi connectivity index (χ1) is 13.1. The number of nitrogens with one attached hydrogen (secondary N) is 1. The molecule has 0 aliphatic carbocycles. The van der Waals surface area contributed by atoms with Gasteiger partial charge in [0.05, 0.1) is 5.92 Å². The monoisotopic (exact) mass is 371 g/mol. The number of amides is 1. The molecule has 2 aliphatic rings. The van der Waals surface area contributed by atoms with Crippen molar-refractivity contribution in [2.24, 2.45) is 5.92 Å². The van der Waals surface area contributed by atoms with Gasteiger partial charge in [-0.05, 0) is 30.2 Å². The molecule has 1 aromatic heterocycles. The van der Waals surface area contributed by atoms with Crippen LogP contribution in [0.15, 0.2) is 24.3 Å². The fourth-order valence-electron chi connectivity index (χ4n) is 3.73. The molecule has 0 radical (unpaired) electrons. The summed E-state index contributed by atoms with van der Waals surface area (Å²) in [5.74, 6) is -0.891. The number of aromatic nitrogens is 2. The van der Waals surface area contributed by atoms with Crippen LogP contribution in [-0.4, -0.2) is 52.0 Å². The lowest BCUT2D eigenvalue weighted by Gasteiger charge is -2.16. The van der Waals surface area contributed by atoms with Gasteiger partial charge in [0, 0.05) is 24.7 Å². The van der Waals surface area contributed by atoms with E-state index < -0.39 is 11.9 Å². The molecule has 1 amide bonds. The Morgan fingerprint density at radius 3 is 2.85 bits per heavy atom. The van der Waals surface area contributed by atoms with Crippen LogP contribution >= 0.6 is 0 Å². The van der Waals surface area contributed by atoms with Gasteiger partial charge < -0.3 is 19.5 Å². The number of hydrogen-bond donors (Lipinski definition) is 2. The molecule has 4 rings (SSSR count). The van der Waals surface area contributed by atoms with Crippen molar-refractivity contribution in [1.29, 1.82) is 0 Å². The Hall–Kier alpha value is -3.03. The fourth-order valence-corrected chi connectivity index (χ4v) is 3.73. The van der Waals surface area contributed by atoms with Crippen molar-refractivity contribution >= 4 is 11.9 Å². The molecule has 3 heterocycles. The van der Waals surface area contributed by atoms with Gasteiger partial charge in [-0.2, -0.15) is 5.10 Å². The minimum atomic E-state index is -0.915. The number of carboxylic acid groups (broad SMARTS) is 1. The van der Waals surface area contributed by atoms with Crippen LogP contribution in [0, 0.1) is 5.92 Å². The summed E-state index contributed by atoms with van der Waals surface area (Å²) in [6.45, 7) is 2.70. The molecule has 1 fully saturated rings. The number of aryl methyl sites for hydroxylation is 1. The maximum Gasteiger partial charge on any atom is 0.308 e. The van der Waals surface area contributed by atoms with Gasteiger partial charge in [-0.1, -0.05) is 19.4 Å². The summed E-state index contributed by atoms with van der Waals surface area (Å²) < 4.78 is 10.7. The molecule has 2 N–H and O–H groups in total. The second kappa shape index (κ2) is 6.94. The normalized spacial score (nSPS) is 20.9. The van der Waals surface area contributed by atoms with E-state index in [1.165, 1.54) is 0 Å². The van der Waals surface area contributed by atoms with Crippen molar-refractivity contribution < 1.29 is 24.2 Å². The number of likely N-dealkylation sites (tertiary alicyclic amines) is 1. The van der Waals surface area contributed by atoms with Crippen LogP contribution in [0.1, 0.15) is 41.0 Å². The topological polar surface area (TPSA) is 105 Å². The first-order valence-electron chi connectivity index (χ1n) is 9.02. The van der Waals surface area contributed by atoms with Crippen molar-refractivity contribution in [1.82, 2.24) is 15.1 Å². The van der Waals surface area contributed by atoms with E-state index in [2.05, 4.69) is 17.1 Å². The smallest absolute Gasteiger partial charge is 0.308 e. The molecule has 0 unspecified atom stereocenters. The van der Waals surface area contributed by atoms with E-state index >= 15 is 0 Å². The molecule has 8 nitrogen and oxygen atoms in total. The number of aliphatic carboxylic acids is 1. The molecule has 2 atom stereocenters. The average molecular weight is 371 g/mol. The van der Waals surface area contributed by atoms with Crippen molar-refractivity contribution in [3.8, 4) is 11.5 Å². The van der Waals surface area contributed by atoms with Crippen molar-refractivity contribution in [3.05, 3.63) is 41.2 Å². The number of H-pyrrole nitrogens is 1. The molecular weight excluding hydrogens is 350 g/mol. The SMILES string of the molecule is CCCc1cc(C(=O)N2C[C@@H](C(=O)O)[C@H](c3ccc4c(c3)OCO4)C2)n[nH]1. The summed E-state index contributed by atoms with van der Waals surface area (Å²) in [6, 6.07) is 7.18. The van der Waals surface area contributed by atoms with Crippen molar-refractivity contribution in [3.63, 3.8) is 0 Å². The van der Waals surface area contributed by atoms with Crippen LogP contribution in [0.5, 0.6) is 11.5 Å². The van der Waals surface area contributed by atoms with Gasteiger partial charge in [0.25, 0.3) is 5.91 Å². The quantitative estimate of drug-likeness (QED) is 0.833. The number of rotatable bonds is 5. The van der Waals surface area contributed by atoms with E-state index in [4.69, 9.17) is 9.47 Å². The Morgan fingerprint density at radius 2 is 2.07 bits per heavy atom. The molecule has 0 bridgehead atoms. The number of ether oxygens (including phenoxy) is 2. The number of aromatic amines is 1. The Kier molecular flexibility index (Phi) is 4.47. The molecule has 0 saturated carbocycles. The number of carbonyl (C=O) groups excluding carboxylic acids is 1. The van der Waals surface area contributed by atoms with E-state index in [0.717, 1.165) is 24.1 Å². The molecule has 2 aliphatic heterocycles. The van der Waals surface area contributed by atoms with Crippen LogP contribution in [0.25, 0.3) is 0 Å². The zero-order chi connectivity index (χ0) is 19.0. The summed E-state index contributed by atoms with van der Waals surface area (Å²) >= 11 is 0. The van der Waals surface area contributed by atoms with E-state index in [0.29, 0.717) is 23.7 Å². The van der Waals surface area contributed by atoms with Crippen LogP contribution < -0.4 is 9.47 Å². The lowest BCUT2D eigenvalue weighted by Crippen LogP contribution is -2.30. The van der Waals surface area contributed by atoms with Crippen LogP contribution in [0.4, 0.5) is 0 Å². The molecule has 0 spiro atoms. The molecule has 8 heteroatoms.